The summed E-state index contributed by atoms with van der Waals surface area (Å²) in [4.78, 5) is 18.4. The van der Waals surface area contributed by atoms with E-state index in [0.717, 1.165) is 23.3 Å². The molecule has 0 saturated heterocycles. The van der Waals surface area contributed by atoms with Gasteiger partial charge in [0.1, 0.15) is 0 Å². The highest BCUT2D eigenvalue weighted by atomic mass is 35.5. The molecule has 1 aliphatic rings. The second kappa shape index (κ2) is 7.24. The minimum absolute atomic E-state index is 0.141. The van der Waals surface area contributed by atoms with Crippen LogP contribution in [0.5, 0.6) is 0 Å². The van der Waals surface area contributed by atoms with Crippen LogP contribution < -0.4 is 5.32 Å². The van der Waals surface area contributed by atoms with Crippen molar-refractivity contribution in [2.24, 2.45) is 0 Å². The predicted molar refractivity (Wildman–Crippen MR) is 98.6 cm³/mol. The number of hydrogen-bond acceptors (Lipinski definition) is 2. The van der Waals surface area contributed by atoms with E-state index < -0.39 is 0 Å². The number of pyridine rings is 1. The van der Waals surface area contributed by atoms with Gasteiger partial charge >= 0.3 is 6.03 Å². The highest BCUT2D eigenvalue weighted by molar-refractivity contribution is 6.32. The van der Waals surface area contributed by atoms with Gasteiger partial charge in [0.05, 0.1) is 10.7 Å². The summed E-state index contributed by atoms with van der Waals surface area (Å²) in [5.74, 6) is 0. The summed E-state index contributed by atoms with van der Waals surface area (Å²) in [6, 6.07) is 8.98. The van der Waals surface area contributed by atoms with Crippen molar-refractivity contribution >= 4 is 40.5 Å². The third kappa shape index (κ3) is 3.71. The van der Waals surface area contributed by atoms with E-state index in [0.29, 0.717) is 28.8 Å². The predicted octanol–water partition coefficient (Wildman–Crippen LogP) is 5.02. The van der Waals surface area contributed by atoms with E-state index in [4.69, 9.17) is 23.2 Å². The van der Waals surface area contributed by atoms with Crippen LogP contribution in [-0.2, 0) is 0 Å². The number of amides is 2. The molecule has 24 heavy (non-hydrogen) atoms. The third-order valence-electron chi connectivity index (χ3n) is 3.98. The zero-order valence-corrected chi connectivity index (χ0v) is 14.7. The van der Waals surface area contributed by atoms with Gasteiger partial charge in [0, 0.05) is 30.0 Å². The number of hydrogen-bond donors (Lipinski definition) is 1. The van der Waals surface area contributed by atoms with Crippen LogP contribution in [-0.4, -0.2) is 29.0 Å². The molecular formula is C18H17Cl2N3O. The summed E-state index contributed by atoms with van der Waals surface area (Å²) in [6.45, 7) is 3.06. The highest BCUT2D eigenvalue weighted by Crippen LogP contribution is 2.27. The maximum atomic E-state index is 12.4. The van der Waals surface area contributed by atoms with Crippen LogP contribution in [0.1, 0.15) is 17.7 Å². The third-order valence-corrected chi connectivity index (χ3v) is 4.69. The number of nitrogens with zero attached hydrogens (tertiary/aromatic N) is 2. The standard InChI is InChI=1S/C18H17Cl2N3O/c1-12-4-5-14(11-16(12)20)22-18(24)23-9-6-13(7-10-23)17-15(19)3-2-8-21-17/h2-6,8,11H,7,9-10H2,1H3,(H,22,24). The van der Waals surface area contributed by atoms with Crippen molar-refractivity contribution in [3.63, 3.8) is 0 Å². The molecular weight excluding hydrogens is 345 g/mol. The van der Waals surface area contributed by atoms with E-state index >= 15 is 0 Å². The molecule has 1 N–H and O–H groups in total. The molecule has 0 atom stereocenters. The van der Waals surface area contributed by atoms with Crippen LogP contribution in [0.4, 0.5) is 10.5 Å². The first kappa shape index (κ1) is 16.8. The monoisotopic (exact) mass is 361 g/mol. The highest BCUT2D eigenvalue weighted by Gasteiger charge is 2.19. The topological polar surface area (TPSA) is 45.2 Å². The Hall–Kier alpha value is -2.04. The minimum atomic E-state index is -0.141. The number of aromatic nitrogens is 1. The molecule has 0 spiro atoms. The number of nitrogens with one attached hydrogen (secondary N) is 1. The van der Waals surface area contributed by atoms with Crippen molar-refractivity contribution in [2.75, 3.05) is 18.4 Å². The average molecular weight is 362 g/mol. The Morgan fingerprint density at radius 3 is 2.75 bits per heavy atom. The number of rotatable bonds is 2. The van der Waals surface area contributed by atoms with Gasteiger partial charge in [-0.15, -0.1) is 0 Å². The van der Waals surface area contributed by atoms with Crippen LogP contribution in [0.2, 0.25) is 10.0 Å². The number of aryl methyl sites for hydroxylation is 1. The molecule has 1 aromatic carbocycles. The smallest absolute Gasteiger partial charge is 0.320 e. The largest absolute Gasteiger partial charge is 0.322 e. The van der Waals surface area contributed by atoms with Gasteiger partial charge in [0.15, 0.2) is 0 Å². The first-order chi connectivity index (χ1) is 11.5. The number of anilines is 1. The maximum Gasteiger partial charge on any atom is 0.322 e. The van der Waals surface area contributed by atoms with Crippen LogP contribution in [0, 0.1) is 6.92 Å². The molecule has 124 valence electrons. The second-order valence-corrected chi connectivity index (χ2v) is 6.47. The molecule has 0 bridgehead atoms. The molecule has 3 rings (SSSR count). The molecule has 0 unspecified atom stereocenters. The summed E-state index contributed by atoms with van der Waals surface area (Å²) in [6.07, 6.45) is 4.44. The summed E-state index contributed by atoms with van der Waals surface area (Å²) in [5.41, 5.74) is 3.54. The van der Waals surface area contributed by atoms with Crippen molar-refractivity contribution in [1.29, 1.82) is 0 Å². The number of carbonyl (C=O) groups excluding carboxylic acids is 1. The minimum Gasteiger partial charge on any atom is -0.320 e. The van der Waals surface area contributed by atoms with Crippen molar-refractivity contribution in [3.8, 4) is 0 Å². The Morgan fingerprint density at radius 2 is 2.08 bits per heavy atom. The number of carbonyl (C=O) groups is 1. The SMILES string of the molecule is Cc1ccc(NC(=O)N2CC=C(c3ncccc3Cl)CC2)cc1Cl. The van der Waals surface area contributed by atoms with Crippen LogP contribution in [0.3, 0.4) is 0 Å². The van der Waals surface area contributed by atoms with E-state index in [1.807, 2.05) is 37.3 Å². The number of urea groups is 1. The van der Waals surface area contributed by atoms with Crippen molar-refractivity contribution in [2.45, 2.75) is 13.3 Å². The van der Waals surface area contributed by atoms with E-state index in [2.05, 4.69) is 10.3 Å². The Kier molecular flexibility index (Phi) is 5.07. The summed E-state index contributed by atoms with van der Waals surface area (Å²) < 4.78 is 0. The first-order valence-electron chi connectivity index (χ1n) is 7.66. The second-order valence-electron chi connectivity index (χ2n) is 5.65. The van der Waals surface area contributed by atoms with Gasteiger partial charge < -0.3 is 10.2 Å². The lowest BCUT2D eigenvalue weighted by molar-refractivity contribution is 0.217. The summed E-state index contributed by atoms with van der Waals surface area (Å²) in [7, 11) is 0. The van der Waals surface area contributed by atoms with Gasteiger partial charge in [0.2, 0.25) is 0 Å². The Labute approximate surface area is 151 Å². The quantitative estimate of drug-likeness (QED) is 0.816. The molecule has 0 aliphatic carbocycles. The van der Waals surface area contributed by atoms with Gasteiger partial charge in [-0.25, -0.2) is 4.79 Å². The lowest BCUT2D eigenvalue weighted by Crippen LogP contribution is -2.37. The van der Waals surface area contributed by atoms with Crippen LogP contribution in [0.15, 0.2) is 42.6 Å². The van der Waals surface area contributed by atoms with E-state index in [-0.39, 0.29) is 6.03 Å². The van der Waals surface area contributed by atoms with Crippen molar-refractivity contribution in [3.05, 3.63) is 63.9 Å². The molecule has 4 nitrogen and oxygen atoms in total. The van der Waals surface area contributed by atoms with E-state index in [9.17, 15) is 4.79 Å². The molecule has 2 amide bonds. The van der Waals surface area contributed by atoms with Crippen molar-refractivity contribution < 1.29 is 4.79 Å². The van der Waals surface area contributed by atoms with Crippen molar-refractivity contribution in [1.82, 2.24) is 9.88 Å². The zero-order valence-electron chi connectivity index (χ0n) is 13.2. The van der Waals surface area contributed by atoms with Gasteiger partial charge in [0.25, 0.3) is 0 Å². The molecule has 1 aromatic heterocycles. The fraction of sp³-hybridized carbons (Fsp3) is 0.222. The molecule has 2 heterocycles. The lowest BCUT2D eigenvalue weighted by Gasteiger charge is -2.26. The number of halogens is 2. The van der Waals surface area contributed by atoms with E-state index in [1.54, 1.807) is 17.2 Å². The zero-order chi connectivity index (χ0) is 17.1. The maximum absolute atomic E-state index is 12.4. The average Bonchev–Trinajstić information content (AvgIpc) is 2.59. The molecule has 0 radical (unpaired) electrons. The van der Waals surface area contributed by atoms with Gasteiger partial charge in [-0.1, -0.05) is 35.3 Å². The summed E-state index contributed by atoms with van der Waals surface area (Å²) in [5, 5.41) is 4.15. The molecule has 0 fully saturated rings. The fourth-order valence-corrected chi connectivity index (χ4v) is 2.99. The van der Waals surface area contributed by atoms with Gasteiger partial charge in [-0.2, -0.15) is 0 Å². The van der Waals surface area contributed by atoms with E-state index in [1.165, 1.54) is 0 Å². The Balaban J connectivity index is 1.66. The van der Waals surface area contributed by atoms with Crippen LogP contribution >= 0.6 is 23.2 Å². The first-order valence-corrected chi connectivity index (χ1v) is 8.42. The molecule has 6 heteroatoms. The Bertz CT molecular complexity index is 805. The Morgan fingerprint density at radius 1 is 1.25 bits per heavy atom. The normalized spacial score (nSPS) is 14.3. The summed E-state index contributed by atoms with van der Waals surface area (Å²) >= 11 is 12.3. The van der Waals surface area contributed by atoms with Gasteiger partial charge in [-0.05, 0) is 48.7 Å². The lowest BCUT2D eigenvalue weighted by atomic mass is 10.0. The molecule has 2 aromatic rings. The molecule has 0 saturated carbocycles. The van der Waals surface area contributed by atoms with Crippen LogP contribution in [0.25, 0.3) is 5.57 Å². The molecule has 1 aliphatic heterocycles. The number of benzene rings is 1. The fourth-order valence-electron chi connectivity index (χ4n) is 2.56. The van der Waals surface area contributed by atoms with Gasteiger partial charge in [-0.3, -0.25) is 4.98 Å².